The molecule has 7 heteroatoms. The van der Waals surface area contributed by atoms with Gasteiger partial charge in [0.05, 0.1) is 17.1 Å². The van der Waals surface area contributed by atoms with Crippen LogP contribution in [0.3, 0.4) is 0 Å². The molecule has 3 aliphatic rings. The molecular weight excluding hydrogens is 342 g/mol. The van der Waals surface area contributed by atoms with E-state index in [1.54, 1.807) is 53.4 Å². The molecule has 0 amide bonds. The monoisotopic (exact) mass is 355 g/mol. The van der Waals surface area contributed by atoms with Crippen molar-refractivity contribution in [2.45, 2.75) is 0 Å². The molecule has 130 valence electrons. The molecule has 0 atom stereocenters. The van der Waals surface area contributed by atoms with Crippen LogP contribution in [0.25, 0.3) is 5.70 Å². The number of aromatic hydroxyl groups is 2. The van der Waals surface area contributed by atoms with Gasteiger partial charge in [-0.25, -0.2) is 24.9 Å². The molecule has 0 fully saturated rings. The molecule has 0 saturated heterocycles. The van der Waals surface area contributed by atoms with Crippen LogP contribution in [-0.4, -0.2) is 39.1 Å². The van der Waals surface area contributed by atoms with Crippen LogP contribution in [-0.2, 0) is 0 Å². The molecule has 2 aromatic rings. The van der Waals surface area contributed by atoms with Gasteiger partial charge < -0.3 is 10.2 Å². The largest absolute Gasteiger partial charge is 0.508 e. The van der Waals surface area contributed by atoms with Crippen LogP contribution >= 0.6 is 0 Å². The molecule has 0 aliphatic carbocycles. The minimum Gasteiger partial charge on any atom is -0.508 e. The summed E-state index contributed by atoms with van der Waals surface area (Å²) < 4.78 is 0. The van der Waals surface area contributed by atoms with E-state index < -0.39 is 0 Å². The first-order chi connectivity index (χ1) is 13.2. The summed E-state index contributed by atoms with van der Waals surface area (Å²) in [4.78, 5) is 19.5. The first-order valence-electron chi connectivity index (χ1n) is 8.27. The second kappa shape index (κ2) is 5.77. The molecule has 7 nitrogen and oxygen atoms in total. The summed E-state index contributed by atoms with van der Waals surface area (Å²) in [6.45, 7) is 0. The van der Waals surface area contributed by atoms with Gasteiger partial charge in [-0.05, 0) is 60.7 Å². The third kappa shape index (κ3) is 2.62. The summed E-state index contributed by atoms with van der Waals surface area (Å²) in [5, 5.41) is 19.0. The third-order valence-electron chi connectivity index (χ3n) is 4.34. The van der Waals surface area contributed by atoms with Gasteiger partial charge in [0.15, 0.2) is 0 Å². The fraction of sp³-hybridized carbons (Fsp3) is 0. The van der Waals surface area contributed by atoms with Crippen molar-refractivity contribution in [2.24, 2.45) is 20.0 Å². The summed E-state index contributed by atoms with van der Waals surface area (Å²) in [7, 11) is 0. The van der Waals surface area contributed by atoms with E-state index in [2.05, 4.69) is 20.0 Å². The Hall–Kier alpha value is -4.00. The van der Waals surface area contributed by atoms with Crippen LogP contribution in [0.15, 0.2) is 86.3 Å². The maximum atomic E-state index is 9.52. The number of aliphatic imine (C=N–C) groups is 4. The Balaban J connectivity index is 1.63. The molecule has 0 spiro atoms. The molecule has 0 unspecified atom stereocenters. The molecule has 2 N–H and O–H groups in total. The van der Waals surface area contributed by atoms with Crippen molar-refractivity contribution in [1.82, 2.24) is 4.90 Å². The molecule has 0 aromatic heterocycles. The van der Waals surface area contributed by atoms with Crippen molar-refractivity contribution >= 4 is 29.7 Å². The lowest BCUT2D eigenvalue weighted by atomic mass is 10.0. The van der Waals surface area contributed by atoms with Gasteiger partial charge in [-0.1, -0.05) is 0 Å². The Morgan fingerprint density at radius 2 is 1.37 bits per heavy atom. The highest BCUT2D eigenvalue weighted by Gasteiger charge is 2.30. The van der Waals surface area contributed by atoms with Gasteiger partial charge in [0.2, 0.25) is 11.9 Å². The molecule has 3 aliphatic heterocycles. The van der Waals surface area contributed by atoms with E-state index in [9.17, 15) is 10.2 Å². The number of allylic oxidation sites excluding steroid dienone is 2. The van der Waals surface area contributed by atoms with E-state index in [0.29, 0.717) is 11.9 Å². The van der Waals surface area contributed by atoms with Gasteiger partial charge in [-0.15, -0.1) is 0 Å². The number of guanidine groups is 2. The number of benzene rings is 2. The highest BCUT2D eigenvalue weighted by atomic mass is 16.3. The standard InChI is InChI=1S/C20H13N5O2/c26-15-5-1-12(2-6-15)17-9-14-10-18(13-3-7-16(27)8-4-13)24-20-22-11-21-19(23-17)25(14)20/h1-11,26-27H. The van der Waals surface area contributed by atoms with Crippen LogP contribution in [0.5, 0.6) is 11.5 Å². The number of rotatable bonds is 2. The van der Waals surface area contributed by atoms with Gasteiger partial charge in [0.1, 0.15) is 17.8 Å². The molecule has 0 bridgehead atoms. The van der Waals surface area contributed by atoms with Crippen molar-refractivity contribution < 1.29 is 10.2 Å². The number of nitrogens with zero attached hydrogens (tertiary/aromatic N) is 5. The average molecular weight is 355 g/mol. The van der Waals surface area contributed by atoms with Crippen molar-refractivity contribution in [2.75, 3.05) is 0 Å². The minimum absolute atomic E-state index is 0.202. The zero-order valence-corrected chi connectivity index (χ0v) is 14.0. The van der Waals surface area contributed by atoms with Gasteiger partial charge in [-0.3, -0.25) is 0 Å². The lowest BCUT2D eigenvalue weighted by Crippen LogP contribution is -2.40. The Morgan fingerprint density at radius 1 is 0.704 bits per heavy atom. The minimum atomic E-state index is 0.202. The molecule has 27 heavy (non-hydrogen) atoms. The summed E-state index contributed by atoms with van der Waals surface area (Å²) in [5.74, 6) is 1.39. The number of hydrogen-bond acceptors (Lipinski definition) is 7. The average Bonchev–Trinajstić information content (AvgIpc) is 2.69. The number of phenolic OH excluding ortho intramolecular Hbond substituents is 2. The predicted molar refractivity (Wildman–Crippen MR) is 104 cm³/mol. The zero-order chi connectivity index (χ0) is 18.4. The fourth-order valence-corrected chi connectivity index (χ4v) is 3.02. The Labute approximate surface area is 154 Å². The van der Waals surface area contributed by atoms with Crippen molar-refractivity contribution in [3.63, 3.8) is 0 Å². The fourth-order valence-electron chi connectivity index (χ4n) is 3.02. The van der Waals surface area contributed by atoms with Gasteiger partial charge in [0, 0.05) is 11.1 Å². The molecule has 5 rings (SSSR count). The molecule has 3 heterocycles. The Morgan fingerprint density at radius 3 is 2.07 bits per heavy atom. The molecule has 0 radical (unpaired) electrons. The second-order valence-corrected chi connectivity index (χ2v) is 6.11. The maximum absolute atomic E-state index is 9.52. The quantitative estimate of drug-likeness (QED) is 0.867. The van der Waals surface area contributed by atoms with Crippen LogP contribution < -0.4 is 0 Å². The van der Waals surface area contributed by atoms with Crippen LogP contribution in [0.1, 0.15) is 11.1 Å². The predicted octanol–water partition coefficient (Wildman–Crippen LogP) is 2.90. The van der Waals surface area contributed by atoms with Crippen molar-refractivity contribution in [1.29, 1.82) is 0 Å². The topological polar surface area (TPSA) is 93.1 Å². The first kappa shape index (κ1) is 15.3. The lowest BCUT2D eigenvalue weighted by Gasteiger charge is -2.31. The van der Waals surface area contributed by atoms with E-state index in [4.69, 9.17) is 0 Å². The van der Waals surface area contributed by atoms with E-state index in [1.807, 2.05) is 12.2 Å². The van der Waals surface area contributed by atoms with E-state index in [0.717, 1.165) is 28.2 Å². The van der Waals surface area contributed by atoms with E-state index in [1.165, 1.54) is 6.34 Å². The second-order valence-electron chi connectivity index (χ2n) is 6.11. The number of phenols is 2. The van der Waals surface area contributed by atoms with Crippen LogP contribution in [0.4, 0.5) is 0 Å². The third-order valence-corrected chi connectivity index (χ3v) is 4.34. The van der Waals surface area contributed by atoms with Crippen molar-refractivity contribution in [3.05, 3.63) is 77.5 Å². The van der Waals surface area contributed by atoms with Crippen molar-refractivity contribution in [3.8, 4) is 11.5 Å². The zero-order valence-electron chi connectivity index (χ0n) is 14.0. The van der Waals surface area contributed by atoms with Gasteiger partial charge in [0.25, 0.3) is 0 Å². The maximum Gasteiger partial charge on any atom is 0.239 e. The molecule has 2 aromatic carbocycles. The smallest absolute Gasteiger partial charge is 0.239 e. The van der Waals surface area contributed by atoms with Gasteiger partial charge in [-0.2, -0.15) is 0 Å². The first-order valence-corrected chi connectivity index (χ1v) is 8.27. The SMILES string of the molecule is Oc1ccc(C2=CC3=CC(c4ccc(O)cc4)=NC4=NC=NC(=N2)N34)cc1. The van der Waals surface area contributed by atoms with E-state index in [-0.39, 0.29) is 11.5 Å². The lowest BCUT2D eigenvalue weighted by molar-refractivity contribution is 0.474. The summed E-state index contributed by atoms with van der Waals surface area (Å²) in [5.41, 5.74) is 4.05. The summed E-state index contributed by atoms with van der Waals surface area (Å²) in [6, 6.07) is 13.7. The van der Waals surface area contributed by atoms with E-state index >= 15 is 0 Å². The normalized spacial score (nSPS) is 17.3. The van der Waals surface area contributed by atoms with Gasteiger partial charge >= 0.3 is 0 Å². The Kier molecular flexibility index (Phi) is 3.26. The highest BCUT2D eigenvalue weighted by Crippen LogP contribution is 2.30. The van der Waals surface area contributed by atoms with Crippen LogP contribution in [0, 0.1) is 0 Å². The molecular formula is C20H13N5O2. The highest BCUT2D eigenvalue weighted by molar-refractivity contribution is 6.22. The molecule has 0 saturated carbocycles. The van der Waals surface area contributed by atoms with Crippen LogP contribution in [0.2, 0.25) is 0 Å². The number of hydrogen-bond donors (Lipinski definition) is 2. The summed E-state index contributed by atoms with van der Waals surface area (Å²) >= 11 is 0. The summed E-state index contributed by atoms with van der Waals surface area (Å²) in [6.07, 6.45) is 5.30. The Bertz CT molecular complexity index is 1070.